The molecule has 0 saturated carbocycles. The van der Waals surface area contributed by atoms with Crippen molar-refractivity contribution in [2.75, 3.05) is 18.4 Å². The van der Waals surface area contributed by atoms with E-state index in [0.29, 0.717) is 60.3 Å². The second-order valence-electron chi connectivity index (χ2n) is 10.4. The van der Waals surface area contributed by atoms with Crippen LogP contribution in [0.5, 0.6) is 5.88 Å². The number of pyridine rings is 2. The van der Waals surface area contributed by atoms with E-state index in [1.165, 1.54) is 10.9 Å². The number of aromatic nitrogens is 6. The van der Waals surface area contributed by atoms with Crippen LogP contribution in [0.4, 0.5) is 16.4 Å². The van der Waals surface area contributed by atoms with Crippen LogP contribution >= 0.6 is 0 Å². The normalized spacial score (nSPS) is 14.2. The standard InChI is InChI=1S/C28H32N8O4/c1-5-14-35-25(37)21-18-30-26(31-19-8-7-13-29-17-19)33-24(21)36(35)22-9-6-10-23(32-22)39-20-11-15-34(16-12-20)27(38)40-28(2,3)4/h5-10,13,17-18,20H,1,11-12,14-16H2,2-4H3,(H,30,31,33). The number of carbonyl (C=O) groups is 1. The number of ether oxygens (including phenoxy) is 2. The molecular formula is C28H32N8O4. The maximum atomic E-state index is 13.2. The summed E-state index contributed by atoms with van der Waals surface area (Å²) >= 11 is 0. The van der Waals surface area contributed by atoms with Gasteiger partial charge in [-0.3, -0.25) is 9.78 Å². The minimum absolute atomic E-state index is 0.115. The van der Waals surface area contributed by atoms with E-state index in [0.717, 1.165) is 0 Å². The van der Waals surface area contributed by atoms with E-state index < -0.39 is 5.60 Å². The highest BCUT2D eigenvalue weighted by atomic mass is 16.6. The lowest BCUT2D eigenvalue weighted by molar-refractivity contribution is 0.0123. The molecular weight excluding hydrogens is 512 g/mol. The van der Waals surface area contributed by atoms with Gasteiger partial charge in [0.1, 0.15) is 17.1 Å². The molecule has 0 atom stereocenters. The molecule has 5 rings (SSSR count). The highest BCUT2D eigenvalue weighted by molar-refractivity contribution is 5.77. The molecule has 0 aliphatic carbocycles. The van der Waals surface area contributed by atoms with E-state index >= 15 is 0 Å². The van der Waals surface area contributed by atoms with Gasteiger partial charge in [0.15, 0.2) is 11.5 Å². The number of rotatable bonds is 7. The van der Waals surface area contributed by atoms with Gasteiger partial charge in [0.05, 0.1) is 18.4 Å². The van der Waals surface area contributed by atoms with Crippen LogP contribution in [0.3, 0.4) is 0 Å². The van der Waals surface area contributed by atoms with Crippen molar-refractivity contribution in [2.45, 2.75) is 51.9 Å². The minimum Gasteiger partial charge on any atom is -0.474 e. The average Bonchev–Trinajstić information content (AvgIpc) is 3.19. The van der Waals surface area contributed by atoms with E-state index in [4.69, 9.17) is 14.5 Å². The van der Waals surface area contributed by atoms with E-state index in [-0.39, 0.29) is 24.3 Å². The molecule has 40 heavy (non-hydrogen) atoms. The first-order chi connectivity index (χ1) is 19.2. The van der Waals surface area contributed by atoms with Gasteiger partial charge in [-0.2, -0.15) is 9.97 Å². The van der Waals surface area contributed by atoms with Crippen LogP contribution in [-0.4, -0.2) is 65.1 Å². The fraction of sp³-hybridized carbons (Fsp3) is 0.357. The molecule has 0 spiro atoms. The number of carbonyl (C=O) groups excluding carboxylic acids is 1. The Morgan fingerprint density at radius 3 is 2.65 bits per heavy atom. The molecule has 1 N–H and O–H groups in total. The van der Waals surface area contributed by atoms with Crippen molar-refractivity contribution < 1.29 is 14.3 Å². The van der Waals surface area contributed by atoms with Crippen LogP contribution in [0, 0.1) is 0 Å². The second kappa shape index (κ2) is 11.2. The van der Waals surface area contributed by atoms with Gasteiger partial charge < -0.3 is 19.7 Å². The smallest absolute Gasteiger partial charge is 0.410 e. The fourth-order valence-electron chi connectivity index (χ4n) is 4.42. The van der Waals surface area contributed by atoms with E-state index in [2.05, 4.69) is 26.8 Å². The number of piperidine rings is 1. The molecule has 0 aromatic carbocycles. The summed E-state index contributed by atoms with van der Waals surface area (Å²) < 4.78 is 14.8. The monoisotopic (exact) mass is 544 g/mol. The molecule has 12 heteroatoms. The predicted molar refractivity (Wildman–Crippen MR) is 150 cm³/mol. The SMILES string of the molecule is C=CCn1c(=O)c2cnc(Nc3cccnc3)nc2n1-c1cccc(OC2CCN(C(=O)OC(C)(C)C)CC2)n1. The number of hydrogen-bond acceptors (Lipinski definition) is 9. The highest BCUT2D eigenvalue weighted by Crippen LogP contribution is 2.22. The quantitative estimate of drug-likeness (QED) is 0.342. The lowest BCUT2D eigenvalue weighted by Gasteiger charge is -2.33. The Morgan fingerprint density at radius 2 is 1.95 bits per heavy atom. The molecule has 1 saturated heterocycles. The molecule has 0 radical (unpaired) electrons. The molecule has 0 bridgehead atoms. The molecule has 4 aromatic heterocycles. The summed E-state index contributed by atoms with van der Waals surface area (Å²) in [5.41, 5.74) is 0.311. The van der Waals surface area contributed by atoms with Gasteiger partial charge in [0.2, 0.25) is 11.8 Å². The lowest BCUT2D eigenvalue weighted by Crippen LogP contribution is -2.44. The summed E-state index contributed by atoms with van der Waals surface area (Å²) in [6.07, 6.45) is 7.33. The molecule has 208 valence electrons. The third kappa shape index (κ3) is 5.95. The number of hydrogen-bond donors (Lipinski definition) is 1. The van der Waals surface area contributed by atoms with Crippen molar-refractivity contribution >= 4 is 28.8 Å². The Balaban J connectivity index is 1.39. The van der Waals surface area contributed by atoms with Gasteiger partial charge in [-0.25, -0.2) is 19.1 Å². The molecule has 5 heterocycles. The summed E-state index contributed by atoms with van der Waals surface area (Å²) in [6, 6.07) is 9.02. The zero-order valence-corrected chi connectivity index (χ0v) is 22.8. The molecule has 1 fully saturated rings. The fourth-order valence-corrected chi connectivity index (χ4v) is 4.42. The summed E-state index contributed by atoms with van der Waals surface area (Å²) in [5.74, 6) is 1.19. The Labute approximate surface area is 231 Å². The van der Waals surface area contributed by atoms with Crippen molar-refractivity contribution in [3.05, 3.63) is 71.9 Å². The third-order valence-corrected chi connectivity index (χ3v) is 6.20. The van der Waals surface area contributed by atoms with Crippen molar-refractivity contribution in [1.82, 2.24) is 34.2 Å². The second-order valence-corrected chi connectivity index (χ2v) is 10.4. The minimum atomic E-state index is -0.537. The number of fused-ring (bicyclic) bond motifs is 1. The topological polar surface area (TPSA) is 129 Å². The van der Waals surface area contributed by atoms with Crippen LogP contribution in [0.15, 0.2) is 66.4 Å². The summed E-state index contributed by atoms with van der Waals surface area (Å²) in [7, 11) is 0. The maximum Gasteiger partial charge on any atom is 0.410 e. The number of anilines is 2. The Bertz CT molecular complexity index is 1570. The highest BCUT2D eigenvalue weighted by Gasteiger charge is 2.28. The van der Waals surface area contributed by atoms with Gasteiger partial charge in [0, 0.05) is 44.4 Å². The number of nitrogens with zero attached hydrogens (tertiary/aromatic N) is 7. The number of nitrogens with one attached hydrogen (secondary N) is 1. The van der Waals surface area contributed by atoms with Crippen molar-refractivity contribution in [3.8, 4) is 11.7 Å². The first-order valence-corrected chi connectivity index (χ1v) is 13.1. The Hall–Kier alpha value is -4.74. The summed E-state index contributed by atoms with van der Waals surface area (Å²) in [5, 5.41) is 3.46. The lowest BCUT2D eigenvalue weighted by atomic mass is 10.1. The first kappa shape index (κ1) is 26.9. The van der Waals surface area contributed by atoms with Crippen LogP contribution in [0.1, 0.15) is 33.6 Å². The van der Waals surface area contributed by atoms with Crippen molar-refractivity contribution in [3.63, 3.8) is 0 Å². The molecule has 4 aromatic rings. The van der Waals surface area contributed by atoms with Gasteiger partial charge in [-0.1, -0.05) is 12.1 Å². The number of allylic oxidation sites excluding steroid dienone is 1. The molecule has 0 unspecified atom stereocenters. The third-order valence-electron chi connectivity index (χ3n) is 6.20. The van der Waals surface area contributed by atoms with Crippen LogP contribution < -0.4 is 15.6 Å². The number of likely N-dealkylation sites (tertiary alicyclic amines) is 1. The van der Waals surface area contributed by atoms with E-state index in [1.54, 1.807) is 46.3 Å². The van der Waals surface area contributed by atoms with Crippen LogP contribution in [0.2, 0.25) is 0 Å². The molecule has 1 aliphatic rings. The van der Waals surface area contributed by atoms with Gasteiger partial charge in [-0.15, -0.1) is 6.58 Å². The molecule has 1 amide bonds. The van der Waals surface area contributed by atoms with E-state index in [1.807, 2.05) is 32.9 Å². The summed E-state index contributed by atoms with van der Waals surface area (Å²) in [4.78, 5) is 45.1. The first-order valence-electron chi connectivity index (χ1n) is 13.1. The zero-order valence-electron chi connectivity index (χ0n) is 22.8. The van der Waals surface area contributed by atoms with E-state index in [9.17, 15) is 9.59 Å². The van der Waals surface area contributed by atoms with Crippen molar-refractivity contribution in [1.29, 1.82) is 0 Å². The largest absolute Gasteiger partial charge is 0.474 e. The number of amides is 1. The van der Waals surface area contributed by atoms with Crippen molar-refractivity contribution in [2.24, 2.45) is 0 Å². The average molecular weight is 545 g/mol. The molecule has 12 nitrogen and oxygen atoms in total. The molecule has 1 aliphatic heterocycles. The Kier molecular flexibility index (Phi) is 7.50. The van der Waals surface area contributed by atoms with Crippen LogP contribution in [0.25, 0.3) is 16.9 Å². The van der Waals surface area contributed by atoms with Gasteiger partial charge >= 0.3 is 6.09 Å². The predicted octanol–water partition coefficient (Wildman–Crippen LogP) is 4.08. The van der Waals surface area contributed by atoms with Gasteiger partial charge in [-0.05, 0) is 39.0 Å². The zero-order chi connectivity index (χ0) is 28.3. The summed E-state index contributed by atoms with van der Waals surface area (Å²) in [6.45, 7) is 10.7. The Morgan fingerprint density at radius 1 is 1.15 bits per heavy atom. The maximum absolute atomic E-state index is 13.2. The van der Waals surface area contributed by atoms with Gasteiger partial charge in [0.25, 0.3) is 5.56 Å². The van der Waals surface area contributed by atoms with Crippen LogP contribution in [-0.2, 0) is 11.3 Å².